The molecule has 0 amide bonds. The maximum absolute atomic E-state index is 13.2. The molecule has 0 aliphatic rings. The molecule has 2 rings (SSSR count). The lowest BCUT2D eigenvalue weighted by Gasteiger charge is -2.03. The normalized spacial score (nSPS) is 11.2. The van der Waals surface area contributed by atoms with Gasteiger partial charge in [-0.15, -0.1) is 12.4 Å². The van der Waals surface area contributed by atoms with Crippen molar-refractivity contribution in [3.63, 3.8) is 0 Å². The molecule has 0 aliphatic heterocycles. The highest BCUT2D eigenvalue weighted by Crippen LogP contribution is 2.24. The minimum absolute atomic E-state index is 0. The van der Waals surface area contributed by atoms with Gasteiger partial charge in [0.15, 0.2) is 16.6 Å². The molecule has 0 atom stereocenters. The van der Waals surface area contributed by atoms with Crippen molar-refractivity contribution >= 4 is 51.6 Å². The second-order valence-corrected chi connectivity index (χ2v) is 5.66. The fraction of sp³-hybridized carbons (Fsp3) is 0.182. The van der Waals surface area contributed by atoms with Gasteiger partial charge in [-0.2, -0.15) is 0 Å². The molecule has 0 saturated heterocycles. The van der Waals surface area contributed by atoms with Gasteiger partial charge in [-0.1, -0.05) is 11.8 Å². The lowest BCUT2D eigenvalue weighted by atomic mass is 10.3. The van der Waals surface area contributed by atoms with E-state index >= 15 is 0 Å². The number of nitrogens with two attached hydrogens (primary N) is 1. The summed E-state index contributed by atoms with van der Waals surface area (Å²) in [7, 11) is 0. The fourth-order valence-electron chi connectivity index (χ4n) is 1.39. The standard InChI is InChI=1S/C11H11BrFN5O2S.ClH/c12-7-5-6(1-2-8(7)13)15-10(16-19)9-11(18-20-17-9)21-4-3-14;/h1-2,5,19H,3-4,14H2,(H,15,16);1H. The summed E-state index contributed by atoms with van der Waals surface area (Å²) in [6.45, 7) is 0.459. The van der Waals surface area contributed by atoms with Gasteiger partial charge in [0.1, 0.15) is 5.82 Å². The first-order valence-electron chi connectivity index (χ1n) is 5.75. The zero-order valence-electron chi connectivity index (χ0n) is 11.0. The third-order valence-corrected chi connectivity index (χ3v) is 3.88. The molecule has 0 unspecified atom stereocenters. The Balaban J connectivity index is 0.00000242. The van der Waals surface area contributed by atoms with Crippen LogP contribution in [0.1, 0.15) is 5.69 Å². The van der Waals surface area contributed by atoms with E-state index < -0.39 is 5.82 Å². The van der Waals surface area contributed by atoms with Gasteiger partial charge < -0.3 is 5.73 Å². The lowest BCUT2D eigenvalue weighted by Crippen LogP contribution is -2.21. The van der Waals surface area contributed by atoms with Crippen LogP contribution in [0, 0.1) is 5.82 Å². The number of hydroxylamine groups is 1. The summed E-state index contributed by atoms with van der Waals surface area (Å²) in [6.07, 6.45) is 0. The second kappa shape index (κ2) is 9.06. The molecule has 4 N–H and O–H groups in total. The Labute approximate surface area is 144 Å². The van der Waals surface area contributed by atoms with Crippen LogP contribution in [-0.2, 0) is 0 Å². The highest BCUT2D eigenvalue weighted by atomic mass is 79.9. The molecule has 0 radical (unpaired) electrons. The first kappa shape index (κ1) is 18.8. The van der Waals surface area contributed by atoms with Crippen LogP contribution < -0.4 is 11.2 Å². The highest BCUT2D eigenvalue weighted by Gasteiger charge is 2.16. The lowest BCUT2D eigenvalue weighted by molar-refractivity contribution is 0.234. The number of aliphatic imine (C=N–C) groups is 1. The van der Waals surface area contributed by atoms with Crippen LogP contribution in [0.4, 0.5) is 10.1 Å². The minimum Gasteiger partial charge on any atom is -0.330 e. The number of thioether (sulfide) groups is 1. The SMILES string of the molecule is Cl.NCCSc1nonc1C(=Nc1ccc(F)c(Br)c1)NO. The van der Waals surface area contributed by atoms with Gasteiger partial charge in [0.25, 0.3) is 0 Å². The van der Waals surface area contributed by atoms with Crippen LogP contribution in [0.25, 0.3) is 0 Å². The molecule has 1 heterocycles. The molecule has 1 aromatic heterocycles. The van der Waals surface area contributed by atoms with E-state index in [1.54, 1.807) is 0 Å². The average Bonchev–Trinajstić information content (AvgIpc) is 2.94. The number of hydrogen-bond acceptors (Lipinski definition) is 7. The maximum atomic E-state index is 13.2. The molecule has 0 bridgehead atoms. The van der Waals surface area contributed by atoms with Gasteiger partial charge in [-0.05, 0) is 44.4 Å². The van der Waals surface area contributed by atoms with Crippen molar-refractivity contribution in [2.45, 2.75) is 5.03 Å². The minimum atomic E-state index is -0.408. The predicted octanol–water partition coefficient (Wildman–Crippen LogP) is 2.50. The molecular formula is C11H12BrClFN5O2S. The van der Waals surface area contributed by atoms with Crippen LogP contribution in [0.3, 0.4) is 0 Å². The molecule has 7 nitrogen and oxygen atoms in total. The number of benzene rings is 1. The summed E-state index contributed by atoms with van der Waals surface area (Å²) < 4.78 is 18.1. The van der Waals surface area contributed by atoms with Crippen LogP contribution in [0.15, 0.2) is 37.3 Å². The number of rotatable bonds is 5. The van der Waals surface area contributed by atoms with Crippen molar-refractivity contribution < 1.29 is 14.2 Å². The zero-order chi connectivity index (χ0) is 15.2. The van der Waals surface area contributed by atoms with Crippen molar-refractivity contribution in [3.05, 3.63) is 34.2 Å². The van der Waals surface area contributed by atoms with Gasteiger partial charge in [0.05, 0.1) is 10.2 Å². The average molecular weight is 413 g/mol. The molecule has 11 heteroatoms. The smallest absolute Gasteiger partial charge is 0.186 e. The number of aromatic nitrogens is 2. The van der Waals surface area contributed by atoms with Gasteiger partial charge in [-0.3, -0.25) is 10.7 Å². The third-order valence-electron chi connectivity index (χ3n) is 2.29. The number of halogens is 3. The van der Waals surface area contributed by atoms with E-state index in [1.807, 2.05) is 5.48 Å². The predicted molar refractivity (Wildman–Crippen MR) is 86.5 cm³/mol. The molecular weight excluding hydrogens is 401 g/mol. The Morgan fingerprint density at radius 2 is 2.27 bits per heavy atom. The molecule has 0 spiro atoms. The van der Waals surface area contributed by atoms with E-state index in [0.29, 0.717) is 23.0 Å². The van der Waals surface area contributed by atoms with Crippen molar-refractivity contribution in [3.8, 4) is 0 Å². The number of hydrogen-bond donors (Lipinski definition) is 3. The molecule has 120 valence electrons. The molecule has 22 heavy (non-hydrogen) atoms. The Hall–Kier alpha value is -1.20. The monoisotopic (exact) mass is 411 g/mol. The van der Waals surface area contributed by atoms with Gasteiger partial charge in [0, 0.05) is 12.3 Å². The van der Waals surface area contributed by atoms with Gasteiger partial charge in [0.2, 0.25) is 0 Å². The van der Waals surface area contributed by atoms with Crippen LogP contribution >= 0.6 is 40.1 Å². The Kier molecular flexibility index (Phi) is 7.76. The summed E-state index contributed by atoms with van der Waals surface area (Å²) >= 11 is 4.38. The molecule has 2 aromatic rings. The van der Waals surface area contributed by atoms with Gasteiger partial charge in [-0.25, -0.2) is 14.0 Å². The summed E-state index contributed by atoms with van der Waals surface area (Å²) in [5.74, 6) is 0.242. The van der Waals surface area contributed by atoms with E-state index in [0.717, 1.165) is 0 Å². The second-order valence-electron chi connectivity index (χ2n) is 3.73. The number of nitrogens with zero attached hydrogens (tertiary/aromatic N) is 3. The Morgan fingerprint density at radius 3 is 2.91 bits per heavy atom. The zero-order valence-corrected chi connectivity index (χ0v) is 14.2. The first-order valence-corrected chi connectivity index (χ1v) is 7.53. The van der Waals surface area contributed by atoms with Crippen molar-refractivity contribution in [1.82, 2.24) is 15.8 Å². The topological polar surface area (TPSA) is 110 Å². The fourth-order valence-corrected chi connectivity index (χ4v) is 2.42. The van der Waals surface area contributed by atoms with Crippen LogP contribution in [-0.4, -0.2) is 33.7 Å². The molecule has 1 aromatic carbocycles. The van der Waals surface area contributed by atoms with Gasteiger partial charge >= 0.3 is 0 Å². The van der Waals surface area contributed by atoms with E-state index in [-0.39, 0.29) is 28.4 Å². The van der Waals surface area contributed by atoms with Crippen molar-refractivity contribution in [2.75, 3.05) is 12.3 Å². The van der Waals surface area contributed by atoms with Crippen molar-refractivity contribution in [1.29, 1.82) is 0 Å². The quantitative estimate of drug-likeness (QED) is 0.299. The third kappa shape index (κ3) is 4.65. The molecule has 0 fully saturated rings. The molecule has 0 saturated carbocycles. The Morgan fingerprint density at radius 1 is 1.50 bits per heavy atom. The first-order chi connectivity index (χ1) is 10.2. The largest absolute Gasteiger partial charge is 0.330 e. The van der Waals surface area contributed by atoms with Crippen LogP contribution in [0.5, 0.6) is 0 Å². The molecule has 0 aliphatic carbocycles. The van der Waals surface area contributed by atoms with Crippen LogP contribution in [0.2, 0.25) is 0 Å². The van der Waals surface area contributed by atoms with E-state index in [4.69, 9.17) is 5.73 Å². The summed E-state index contributed by atoms with van der Waals surface area (Å²) in [4.78, 5) is 4.14. The number of nitrogens with one attached hydrogen (secondary N) is 1. The van der Waals surface area contributed by atoms with E-state index in [2.05, 4.69) is 35.9 Å². The van der Waals surface area contributed by atoms with E-state index in [1.165, 1.54) is 30.0 Å². The van der Waals surface area contributed by atoms with E-state index in [9.17, 15) is 9.60 Å². The summed E-state index contributed by atoms with van der Waals surface area (Å²) in [5.41, 5.74) is 8.02. The highest BCUT2D eigenvalue weighted by molar-refractivity contribution is 9.10. The maximum Gasteiger partial charge on any atom is 0.186 e. The number of amidine groups is 1. The summed E-state index contributed by atoms with van der Waals surface area (Å²) in [5, 5.41) is 17.1. The van der Waals surface area contributed by atoms with Crippen molar-refractivity contribution in [2.24, 2.45) is 10.7 Å². The Bertz CT molecular complexity index is 657. The summed E-state index contributed by atoms with van der Waals surface area (Å²) in [6, 6.07) is 4.17.